The normalized spacial score (nSPS) is 19.7. The van der Waals surface area contributed by atoms with E-state index in [9.17, 15) is 22.8 Å². The zero-order valence-electron chi connectivity index (χ0n) is 17.5. The third-order valence-corrected chi connectivity index (χ3v) is 5.97. The predicted octanol–water partition coefficient (Wildman–Crippen LogP) is 2.70. The maximum atomic E-state index is 13.1. The number of aromatic nitrogens is 2. The lowest BCUT2D eigenvalue weighted by Crippen LogP contribution is -2.53. The monoisotopic (exact) mass is 447 g/mol. The van der Waals surface area contributed by atoms with E-state index < -0.39 is 11.7 Å². The highest BCUT2D eigenvalue weighted by Crippen LogP contribution is 2.32. The number of halogens is 3. The first-order chi connectivity index (χ1) is 15.3. The molecule has 10 heteroatoms. The Morgan fingerprint density at radius 1 is 1.00 bits per heavy atom. The number of anilines is 1. The zero-order chi connectivity index (χ0) is 22.7. The number of amides is 2. The van der Waals surface area contributed by atoms with Crippen LogP contribution < -0.4 is 4.90 Å². The highest BCUT2D eigenvalue weighted by molar-refractivity contribution is 5.92. The second kappa shape index (κ2) is 9.13. The topological polar surface area (TPSA) is 69.6 Å². The average molecular weight is 447 g/mol. The number of carbonyl (C=O) groups is 2. The van der Waals surface area contributed by atoms with Crippen molar-refractivity contribution in [3.63, 3.8) is 0 Å². The first-order valence-corrected chi connectivity index (χ1v) is 10.6. The van der Waals surface area contributed by atoms with E-state index >= 15 is 0 Å². The zero-order valence-corrected chi connectivity index (χ0v) is 17.5. The van der Waals surface area contributed by atoms with Gasteiger partial charge in [-0.15, -0.1) is 0 Å². The SMILES string of the molecule is O=C(c1cnccn1)N1CCCC(C(=O)N2CCN(c3cccc(C(F)(F)F)c3)CC2)C1. The summed E-state index contributed by atoms with van der Waals surface area (Å²) in [5.74, 6) is -0.528. The minimum absolute atomic E-state index is 0.00895. The third kappa shape index (κ3) is 4.84. The molecule has 2 saturated heterocycles. The van der Waals surface area contributed by atoms with Gasteiger partial charge in [0.2, 0.25) is 5.91 Å². The average Bonchev–Trinajstić information content (AvgIpc) is 2.83. The van der Waals surface area contributed by atoms with Crippen LogP contribution in [-0.2, 0) is 11.0 Å². The summed E-state index contributed by atoms with van der Waals surface area (Å²) in [7, 11) is 0. The summed E-state index contributed by atoms with van der Waals surface area (Å²) in [5.41, 5.74) is 0.0872. The van der Waals surface area contributed by atoms with Crippen molar-refractivity contribution in [2.75, 3.05) is 44.2 Å². The number of benzene rings is 1. The molecule has 7 nitrogen and oxygen atoms in total. The lowest BCUT2D eigenvalue weighted by molar-refractivity contribution is -0.138. The molecule has 170 valence electrons. The van der Waals surface area contributed by atoms with Gasteiger partial charge in [-0.2, -0.15) is 13.2 Å². The summed E-state index contributed by atoms with van der Waals surface area (Å²) in [4.78, 5) is 39.0. The number of piperidine rings is 1. The van der Waals surface area contributed by atoms with Crippen LogP contribution in [0.15, 0.2) is 42.9 Å². The number of rotatable bonds is 3. The lowest BCUT2D eigenvalue weighted by Gasteiger charge is -2.39. The van der Waals surface area contributed by atoms with Gasteiger partial charge < -0.3 is 14.7 Å². The Labute approximate surface area is 183 Å². The molecule has 2 aliphatic heterocycles. The summed E-state index contributed by atoms with van der Waals surface area (Å²) < 4.78 is 39.0. The van der Waals surface area contributed by atoms with E-state index in [1.807, 2.05) is 4.90 Å². The van der Waals surface area contributed by atoms with Crippen molar-refractivity contribution in [3.05, 3.63) is 54.1 Å². The van der Waals surface area contributed by atoms with Crippen molar-refractivity contribution >= 4 is 17.5 Å². The van der Waals surface area contributed by atoms with Crippen LogP contribution in [-0.4, -0.2) is 70.9 Å². The van der Waals surface area contributed by atoms with Crippen molar-refractivity contribution in [1.82, 2.24) is 19.8 Å². The quantitative estimate of drug-likeness (QED) is 0.724. The van der Waals surface area contributed by atoms with Crippen molar-refractivity contribution in [3.8, 4) is 0 Å². The molecule has 2 aliphatic rings. The molecule has 2 aromatic rings. The molecule has 0 saturated carbocycles. The molecule has 1 unspecified atom stereocenters. The van der Waals surface area contributed by atoms with Gasteiger partial charge in [-0.25, -0.2) is 4.98 Å². The fourth-order valence-electron chi connectivity index (χ4n) is 4.26. The van der Waals surface area contributed by atoms with Gasteiger partial charge in [-0.05, 0) is 31.0 Å². The highest BCUT2D eigenvalue weighted by Gasteiger charge is 2.34. The Kier molecular flexibility index (Phi) is 6.29. The van der Waals surface area contributed by atoms with Crippen LogP contribution in [0.3, 0.4) is 0 Å². The molecule has 3 heterocycles. The Morgan fingerprint density at radius 3 is 2.47 bits per heavy atom. The van der Waals surface area contributed by atoms with Gasteiger partial charge in [-0.1, -0.05) is 6.07 Å². The standard InChI is InChI=1S/C22H24F3N5O2/c23-22(24,25)17-4-1-5-18(13-17)28-9-11-29(12-10-28)20(31)16-3-2-8-30(15-16)21(32)19-14-26-6-7-27-19/h1,4-7,13-14,16H,2-3,8-12,15H2. The first kappa shape index (κ1) is 22.0. The molecular formula is C22H24F3N5O2. The molecule has 1 atom stereocenters. The van der Waals surface area contributed by atoms with Gasteiger partial charge in [0.15, 0.2) is 0 Å². The second-order valence-electron chi connectivity index (χ2n) is 8.04. The van der Waals surface area contributed by atoms with E-state index in [1.165, 1.54) is 24.7 Å². The summed E-state index contributed by atoms with van der Waals surface area (Å²) in [6.45, 7) is 2.70. The molecule has 0 aliphatic carbocycles. The number of hydrogen-bond donors (Lipinski definition) is 0. The van der Waals surface area contributed by atoms with E-state index in [0.717, 1.165) is 18.6 Å². The summed E-state index contributed by atoms with van der Waals surface area (Å²) >= 11 is 0. The minimum atomic E-state index is -4.39. The number of hydrogen-bond acceptors (Lipinski definition) is 5. The van der Waals surface area contributed by atoms with Gasteiger partial charge in [0, 0.05) is 57.3 Å². The summed E-state index contributed by atoms with van der Waals surface area (Å²) in [5, 5.41) is 0. The fourth-order valence-corrected chi connectivity index (χ4v) is 4.26. The van der Waals surface area contributed by atoms with Crippen LogP contribution in [0.1, 0.15) is 28.9 Å². The molecule has 0 bridgehead atoms. The maximum absolute atomic E-state index is 13.1. The van der Waals surface area contributed by atoms with Crippen LogP contribution in [0.5, 0.6) is 0 Å². The molecule has 4 rings (SSSR count). The number of nitrogens with zero attached hydrogens (tertiary/aromatic N) is 5. The lowest BCUT2D eigenvalue weighted by atomic mass is 9.96. The minimum Gasteiger partial charge on any atom is -0.368 e. The molecule has 32 heavy (non-hydrogen) atoms. The van der Waals surface area contributed by atoms with Crippen molar-refractivity contribution in [2.24, 2.45) is 5.92 Å². The van der Waals surface area contributed by atoms with Crippen molar-refractivity contribution < 1.29 is 22.8 Å². The van der Waals surface area contributed by atoms with Gasteiger partial charge in [0.05, 0.1) is 17.7 Å². The van der Waals surface area contributed by atoms with Crippen LogP contribution in [0.4, 0.5) is 18.9 Å². The summed E-state index contributed by atoms with van der Waals surface area (Å²) in [6.07, 6.45) is 1.43. The van der Waals surface area contributed by atoms with E-state index in [2.05, 4.69) is 9.97 Å². The Morgan fingerprint density at radius 2 is 1.78 bits per heavy atom. The van der Waals surface area contributed by atoms with Gasteiger partial charge in [-0.3, -0.25) is 14.6 Å². The van der Waals surface area contributed by atoms with Gasteiger partial charge in [0.1, 0.15) is 5.69 Å². The molecule has 2 fully saturated rings. The number of alkyl halides is 3. The van der Waals surface area contributed by atoms with Crippen LogP contribution in [0, 0.1) is 5.92 Å². The number of piperazine rings is 1. The molecule has 2 amide bonds. The molecular weight excluding hydrogens is 423 g/mol. The number of carbonyl (C=O) groups excluding carboxylic acids is 2. The van der Waals surface area contributed by atoms with Crippen molar-refractivity contribution in [1.29, 1.82) is 0 Å². The summed E-state index contributed by atoms with van der Waals surface area (Å²) in [6, 6.07) is 5.26. The Hall–Kier alpha value is -3.17. The van der Waals surface area contributed by atoms with Gasteiger partial charge >= 0.3 is 6.18 Å². The van der Waals surface area contributed by atoms with E-state index in [0.29, 0.717) is 51.4 Å². The molecule has 0 radical (unpaired) electrons. The highest BCUT2D eigenvalue weighted by atomic mass is 19.4. The first-order valence-electron chi connectivity index (χ1n) is 10.6. The predicted molar refractivity (Wildman–Crippen MR) is 111 cm³/mol. The van der Waals surface area contributed by atoms with Crippen LogP contribution in [0.25, 0.3) is 0 Å². The maximum Gasteiger partial charge on any atom is 0.416 e. The van der Waals surface area contributed by atoms with Crippen molar-refractivity contribution in [2.45, 2.75) is 19.0 Å². The van der Waals surface area contributed by atoms with Gasteiger partial charge in [0.25, 0.3) is 5.91 Å². The van der Waals surface area contributed by atoms with Crippen LogP contribution in [0.2, 0.25) is 0 Å². The van der Waals surface area contributed by atoms with E-state index in [1.54, 1.807) is 15.9 Å². The third-order valence-electron chi connectivity index (χ3n) is 5.97. The van der Waals surface area contributed by atoms with E-state index in [4.69, 9.17) is 0 Å². The Bertz CT molecular complexity index is 962. The molecule has 0 spiro atoms. The van der Waals surface area contributed by atoms with E-state index in [-0.39, 0.29) is 23.4 Å². The second-order valence-corrected chi connectivity index (χ2v) is 8.04. The largest absolute Gasteiger partial charge is 0.416 e. The molecule has 1 aromatic heterocycles. The number of likely N-dealkylation sites (tertiary alicyclic amines) is 1. The fraction of sp³-hybridized carbons (Fsp3) is 0.455. The molecule has 0 N–H and O–H groups in total. The smallest absolute Gasteiger partial charge is 0.368 e. The molecule has 1 aromatic carbocycles. The Balaban J connectivity index is 1.35. The van der Waals surface area contributed by atoms with Crippen LogP contribution >= 0.6 is 0 Å².